The van der Waals surface area contributed by atoms with Crippen LogP contribution in [-0.4, -0.2) is 28.3 Å². The molecule has 1 aromatic rings. The molecule has 1 aromatic heterocycles. The Hall–Kier alpha value is -0.610. The third kappa shape index (κ3) is 1.88. The summed E-state index contributed by atoms with van der Waals surface area (Å²) in [6.45, 7) is 4.96. The van der Waals surface area contributed by atoms with Gasteiger partial charge in [0.25, 0.3) is 0 Å². The van der Waals surface area contributed by atoms with Crippen molar-refractivity contribution in [2.24, 2.45) is 0 Å². The topological polar surface area (TPSA) is 36.4 Å². The van der Waals surface area contributed by atoms with Crippen LogP contribution < -0.4 is 4.90 Å². The molecule has 1 unspecified atom stereocenters. The first-order chi connectivity index (χ1) is 7.01. The lowest BCUT2D eigenvalue weighted by Crippen LogP contribution is -2.45. The van der Waals surface area contributed by atoms with Gasteiger partial charge in [0.05, 0.1) is 11.6 Å². The minimum Gasteiger partial charge on any atom is -0.391 e. The Bertz CT molecular complexity index is 350. The SMILES string of the molecule is CC1(C)C(O)CCN1c1ccc(Br)cn1. The molecule has 0 radical (unpaired) electrons. The molecule has 4 heteroatoms. The fourth-order valence-corrected chi connectivity index (χ4v) is 2.24. The summed E-state index contributed by atoms with van der Waals surface area (Å²) in [6.07, 6.45) is 2.32. The molecule has 1 saturated heterocycles. The van der Waals surface area contributed by atoms with Crippen molar-refractivity contribution in [3.05, 3.63) is 22.8 Å². The first-order valence-electron chi connectivity index (χ1n) is 5.09. The highest BCUT2D eigenvalue weighted by molar-refractivity contribution is 9.10. The number of hydrogen-bond acceptors (Lipinski definition) is 3. The van der Waals surface area contributed by atoms with Crippen LogP contribution >= 0.6 is 15.9 Å². The molecular formula is C11H15BrN2O. The number of anilines is 1. The van der Waals surface area contributed by atoms with Gasteiger partial charge in [-0.15, -0.1) is 0 Å². The largest absolute Gasteiger partial charge is 0.391 e. The second-order valence-electron chi connectivity index (χ2n) is 4.44. The summed E-state index contributed by atoms with van der Waals surface area (Å²) in [5.74, 6) is 0.930. The van der Waals surface area contributed by atoms with Gasteiger partial charge in [0.1, 0.15) is 5.82 Å². The number of aliphatic hydroxyl groups excluding tert-OH is 1. The quantitative estimate of drug-likeness (QED) is 0.850. The number of aromatic nitrogens is 1. The molecule has 0 saturated carbocycles. The Morgan fingerprint density at radius 2 is 2.27 bits per heavy atom. The second kappa shape index (κ2) is 3.76. The fraction of sp³-hybridized carbons (Fsp3) is 0.545. The molecule has 82 valence electrons. The highest BCUT2D eigenvalue weighted by Crippen LogP contribution is 2.32. The van der Waals surface area contributed by atoms with E-state index in [0.29, 0.717) is 0 Å². The predicted octanol–water partition coefficient (Wildman–Crippen LogP) is 2.19. The van der Waals surface area contributed by atoms with Gasteiger partial charge in [0.2, 0.25) is 0 Å². The van der Waals surface area contributed by atoms with Gasteiger partial charge in [-0.2, -0.15) is 0 Å². The van der Waals surface area contributed by atoms with Crippen LogP contribution in [-0.2, 0) is 0 Å². The third-order valence-corrected chi connectivity index (χ3v) is 3.59. The van der Waals surface area contributed by atoms with Gasteiger partial charge in [-0.05, 0) is 48.3 Å². The van der Waals surface area contributed by atoms with Gasteiger partial charge >= 0.3 is 0 Å². The number of aliphatic hydroxyl groups is 1. The molecule has 3 nitrogen and oxygen atoms in total. The minimum absolute atomic E-state index is 0.221. The number of hydrogen-bond donors (Lipinski definition) is 1. The van der Waals surface area contributed by atoms with Gasteiger partial charge in [-0.3, -0.25) is 0 Å². The highest BCUT2D eigenvalue weighted by Gasteiger charge is 2.40. The number of rotatable bonds is 1. The molecule has 2 heterocycles. The molecule has 0 aromatic carbocycles. The van der Waals surface area contributed by atoms with Crippen molar-refractivity contribution in [1.82, 2.24) is 4.98 Å². The van der Waals surface area contributed by atoms with Crippen molar-refractivity contribution in [2.45, 2.75) is 31.9 Å². The van der Waals surface area contributed by atoms with E-state index in [0.717, 1.165) is 23.3 Å². The molecular weight excluding hydrogens is 256 g/mol. The zero-order valence-electron chi connectivity index (χ0n) is 8.94. The van der Waals surface area contributed by atoms with E-state index in [1.165, 1.54) is 0 Å². The molecule has 1 atom stereocenters. The minimum atomic E-state index is -0.275. The number of halogens is 1. The molecule has 0 spiro atoms. The highest BCUT2D eigenvalue weighted by atomic mass is 79.9. The van der Waals surface area contributed by atoms with Crippen molar-refractivity contribution in [3.63, 3.8) is 0 Å². The normalized spacial score (nSPS) is 24.5. The average molecular weight is 271 g/mol. The Balaban J connectivity index is 2.28. The lowest BCUT2D eigenvalue weighted by molar-refractivity contribution is 0.127. The van der Waals surface area contributed by atoms with Crippen LogP contribution in [0.3, 0.4) is 0 Å². The first-order valence-corrected chi connectivity index (χ1v) is 5.88. The molecule has 0 bridgehead atoms. The fourth-order valence-electron chi connectivity index (χ4n) is 2.01. The zero-order valence-corrected chi connectivity index (χ0v) is 10.5. The van der Waals surface area contributed by atoms with Crippen molar-refractivity contribution < 1.29 is 5.11 Å². The molecule has 1 N–H and O–H groups in total. The van der Waals surface area contributed by atoms with Crippen molar-refractivity contribution in [3.8, 4) is 0 Å². The predicted molar refractivity (Wildman–Crippen MR) is 64.0 cm³/mol. The monoisotopic (exact) mass is 270 g/mol. The van der Waals surface area contributed by atoms with E-state index >= 15 is 0 Å². The standard InChI is InChI=1S/C11H15BrN2O/c1-11(2)9(15)5-6-14(11)10-4-3-8(12)7-13-10/h3-4,7,9,15H,5-6H2,1-2H3. The number of nitrogens with zero attached hydrogens (tertiary/aromatic N) is 2. The lowest BCUT2D eigenvalue weighted by Gasteiger charge is -2.34. The van der Waals surface area contributed by atoms with Crippen LogP contribution in [0.15, 0.2) is 22.8 Å². The Morgan fingerprint density at radius 3 is 2.73 bits per heavy atom. The lowest BCUT2D eigenvalue weighted by atomic mass is 9.99. The summed E-state index contributed by atoms with van der Waals surface area (Å²) >= 11 is 3.36. The molecule has 1 fully saturated rings. The maximum Gasteiger partial charge on any atom is 0.129 e. The first kappa shape index (κ1) is 10.9. The van der Waals surface area contributed by atoms with Gasteiger partial charge in [0, 0.05) is 17.2 Å². The summed E-state index contributed by atoms with van der Waals surface area (Å²) in [6, 6.07) is 3.95. The van der Waals surface area contributed by atoms with E-state index in [-0.39, 0.29) is 11.6 Å². The third-order valence-electron chi connectivity index (χ3n) is 3.13. The second-order valence-corrected chi connectivity index (χ2v) is 5.36. The molecule has 1 aliphatic heterocycles. The summed E-state index contributed by atoms with van der Waals surface area (Å²) in [4.78, 5) is 6.52. The van der Waals surface area contributed by atoms with E-state index in [1.54, 1.807) is 6.20 Å². The summed E-state index contributed by atoms with van der Waals surface area (Å²) in [7, 11) is 0. The molecule has 2 rings (SSSR count). The van der Waals surface area contributed by atoms with E-state index in [4.69, 9.17) is 0 Å². The van der Waals surface area contributed by atoms with Gasteiger partial charge in [0.15, 0.2) is 0 Å². The van der Waals surface area contributed by atoms with E-state index < -0.39 is 0 Å². The van der Waals surface area contributed by atoms with Gasteiger partial charge in [-0.1, -0.05) is 0 Å². The van der Waals surface area contributed by atoms with Crippen LogP contribution in [0, 0.1) is 0 Å². The zero-order chi connectivity index (χ0) is 11.1. The van der Waals surface area contributed by atoms with Crippen LogP contribution in [0.1, 0.15) is 20.3 Å². The van der Waals surface area contributed by atoms with Crippen LogP contribution in [0.25, 0.3) is 0 Å². The summed E-state index contributed by atoms with van der Waals surface area (Å²) < 4.78 is 0.976. The van der Waals surface area contributed by atoms with E-state index in [1.807, 2.05) is 26.0 Å². The van der Waals surface area contributed by atoms with E-state index in [9.17, 15) is 5.11 Å². The summed E-state index contributed by atoms with van der Waals surface area (Å²) in [5, 5.41) is 9.86. The maximum atomic E-state index is 9.86. The van der Waals surface area contributed by atoms with Crippen LogP contribution in [0.2, 0.25) is 0 Å². The van der Waals surface area contributed by atoms with Crippen molar-refractivity contribution in [1.29, 1.82) is 0 Å². The smallest absolute Gasteiger partial charge is 0.129 e. The average Bonchev–Trinajstić information content (AvgIpc) is 2.44. The molecule has 1 aliphatic rings. The Morgan fingerprint density at radius 1 is 1.53 bits per heavy atom. The van der Waals surface area contributed by atoms with Crippen LogP contribution in [0.4, 0.5) is 5.82 Å². The van der Waals surface area contributed by atoms with Crippen LogP contribution in [0.5, 0.6) is 0 Å². The summed E-state index contributed by atoms with van der Waals surface area (Å²) in [5.41, 5.74) is -0.221. The Kier molecular flexibility index (Phi) is 2.73. The van der Waals surface area contributed by atoms with Crippen molar-refractivity contribution in [2.75, 3.05) is 11.4 Å². The molecule has 0 amide bonds. The number of pyridine rings is 1. The Labute approximate surface area is 98.3 Å². The van der Waals surface area contributed by atoms with Gasteiger partial charge < -0.3 is 10.0 Å². The maximum absolute atomic E-state index is 9.86. The van der Waals surface area contributed by atoms with Crippen molar-refractivity contribution >= 4 is 21.7 Å². The molecule has 0 aliphatic carbocycles. The van der Waals surface area contributed by atoms with Gasteiger partial charge in [-0.25, -0.2) is 4.98 Å². The van der Waals surface area contributed by atoms with E-state index in [2.05, 4.69) is 25.8 Å². The molecule has 15 heavy (non-hydrogen) atoms.